The van der Waals surface area contributed by atoms with Crippen LogP contribution in [0.1, 0.15) is 33.1 Å². The third-order valence-electron chi connectivity index (χ3n) is 3.74. The van der Waals surface area contributed by atoms with Crippen LogP contribution >= 0.6 is 11.8 Å². The molecule has 1 amide bonds. The maximum atomic E-state index is 11.9. The lowest BCUT2D eigenvalue weighted by Crippen LogP contribution is -2.42. The summed E-state index contributed by atoms with van der Waals surface area (Å²) in [5.41, 5.74) is 0. The van der Waals surface area contributed by atoms with Crippen LogP contribution in [0.2, 0.25) is 0 Å². The summed E-state index contributed by atoms with van der Waals surface area (Å²) in [5.74, 6) is 0.415. The fourth-order valence-electron chi connectivity index (χ4n) is 2.13. The molecule has 1 aliphatic heterocycles. The summed E-state index contributed by atoms with van der Waals surface area (Å²) in [6.45, 7) is 7.02. The van der Waals surface area contributed by atoms with Gasteiger partial charge in [0.2, 0.25) is 5.91 Å². The third-order valence-corrected chi connectivity index (χ3v) is 5.33. The molecule has 1 fully saturated rings. The van der Waals surface area contributed by atoms with Crippen molar-refractivity contribution in [1.29, 1.82) is 0 Å². The molecule has 16 heavy (non-hydrogen) atoms. The van der Waals surface area contributed by atoms with Crippen LogP contribution in [0.3, 0.4) is 0 Å². The Kier molecular flexibility index (Phi) is 5.62. The predicted octanol–water partition coefficient (Wildman–Crippen LogP) is 1.63. The van der Waals surface area contributed by atoms with Gasteiger partial charge < -0.3 is 10.6 Å². The molecule has 2 N–H and O–H groups in total. The molecule has 0 aliphatic carbocycles. The molecule has 1 aliphatic rings. The van der Waals surface area contributed by atoms with E-state index in [0.717, 1.165) is 38.9 Å². The molecule has 1 atom stereocenters. The molecular weight excluding hydrogens is 220 g/mol. The maximum absolute atomic E-state index is 11.9. The first-order valence-corrected chi connectivity index (χ1v) is 7.43. The van der Waals surface area contributed by atoms with E-state index >= 15 is 0 Å². The summed E-state index contributed by atoms with van der Waals surface area (Å²) in [4.78, 5) is 11.9. The molecule has 1 unspecified atom stereocenters. The number of hydrogen-bond acceptors (Lipinski definition) is 3. The molecule has 0 aromatic rings. The first-order chi connectivity index (χ1) is 7.67. The topological polar surface area (TPSA) is 41.1 Å². The molecular formula is C12H24N2OS. The second-order valence-corrected chi connectivity index (χ2v) is 5.78. The minimum Gasteiger partial charge on any atom is -0.354 e. The number of amides is 1. The Morgan fingerprint density at radius 1 is 1.50 bits per heavy atom. The number of rotatable bonds is 6. The molecule has 3 nitrogen and oxygen atoms in total. The van der Waals surface area contributed by atoms with E-state index in [4.69, 9.17) is 0 Å². The fourth-order valence-corrected chi connectivity index (χ4v) is 2.93. The van der Waals surface area contributed by atoms with Crippen molar-refractivity contribution in [3.63, 3.8) is 0 Å². The highest BCUT2D eigenvalue weighted by Gasteiger charge is 2.28. The van der Waals surface area contributed by atoms with Gasteiger partial charge in [0.1, 0.15) is 0 Å². The van der Waals surface area contributed by atoms with Crippen molar-refractivity contribution in [3.05, 3.63) is 0 Å². The lowest BCUT2D eigenvalue weighted by atomic mass is 10.0. The first kappa shape index (κ1) is 13.8. The van der Waals surface area contributed by atoms with E-state index in [9.17, 15) is 4.79 Å². The maximum Gasteiger partial charge on any atom is 0.224 e. The molecule has 0 saturated carbocycles. The summed E-state index contributed by atoms with van der Waals surface area (Å²) >= 11 is 1.87. The molecule has 0 spiro atoms. The highest BCUT2D eigenvalue weighted by atomic mass is 32.2. The van der Waals surface area contributed by atoms with Crippen LogP contribution in [0.5, 0.6) is 0 Å². The van der Waals surface area contributed by atoms with Crippen LogP contribution in [0.25, 0.3) is 0 Å². The Hall–Kier alpha value is -0.220. The third kappa shape index (κ3) is 3.39. The average molecular weight is 244 g/mol. The smallest absolute Gasteiger partial charge is 0.224 e. The highest BCUT2D eigenvalue weighted by Crippen LogP contribution is 2.29. The van der Waals surface area contributed by atoms with Gasteiger partial charge in [0, 0.05) is 17.8 Å². The largest absolute Gasteiger partial charge is 0.354 e. The van der Waals surface area contributed by atoms with Crippen LogP contribution in [0.4, 0.5) is 0 Å². The lowest BCUT2D eigenvalue weighted by molar-refractivity contribution is -0.124. The van der Waals surface area contributed by atoms with Gasteiger partial charge in [0.05, 0.1) is 5.92 Å². The SMILES string of the molecule is CCC(CC)(CNC(=O)C1CCNC1)SC. The van der Waals surface area contributed by atoms with Crippen LogP contribution in [0.15, 0.2) is 0 Å². The summed E-state index contributed by atoms with van der Waals surface area (Å²) in [6, 6.07) is 0. The predicted molar refractivity (Wildman–Crippen MR) is 70.8 cm³/mol. The Morgan fingerprint density at radius 2 is 2.19 bits per heavy atom. The lowest BCUT2D eigenvalue weighted by Gasteiger charge is -2.30. The van der Waals surface area contributed by atoms with Gasteiger partial charge in [-0.1, -0.05) is 13.8 Å². The van der Waals surface area contributed by atoms with Gasteiger partial charge in [-0.15, -0.1) is 0 Å². The molecule has 1 saturated heterocycles. The summed E-state index contributed by atoms with van der Waals surface area (Å²) in [5, 5.41) is 6.34. The van der Waals surface area contributed by atoms with E-state index in [1.807, 2.05) is 11.8 Å². The molecule has 0 aromatic heterocycles. The molecule has 0 aromatic carbocycles. The molecule has 4 heteroatoms. The summed E-state index contributed by atoms with van der Waals surface area (Å²) < 4.78 is 0.224. The zero-order valence-corrected chi connectivity index (χ0v) is 11.5. The molecule has 0 radical (unpaired) electrons. The van der Waals surface area contributed by atoms with Crippen LogP contribution in [-0.2, 0) is 4.79 Å². The molecule has 1 heterocycles. The van der Waals surface area contributed by atoms with Crippen molar-refractivity contribution in [2.45, 2.75) is 37.9 Å². The van der Waals surface area contributed by atoms with Gasteiger partial charge in [-0.2, -0.15) is 11.8 Å². The zero-order chi connectivity index (χ0) is 12.0. The van der Waals surface area contributed by atoms with E-state index < -0.39 is 0 Å². The van der Waals surface area contributed by atoms with Crippen LogP contribution < -0.4 is 10.6 Å². The van der Waals surface area contributed by atoms with Crippen LogP contribution in [-0.4, -0.2) is 36.5 Å². The normalized spacial score (nSPS) is 21.1. The number of nitrogens with one attached hydrogen (secondary N) is 2. The second kappa shape index (κ2) is 6.50. The van der Waals surface area contributed by atoms with E-state index in [1.165, 1.54) is 0 Å². The first-order valence-electron chi connectivity index (χ1n) is 6.21. The van der Waals surface area contributed by atoms with E-state index in [-0.39, 0.29) is 16.6 Å². The Balaban J connectivity index is 2.39. The summed E-state index contributed by atoms with van der Waals surface area (Å²) in [7, 11) is 0. The van der Waals surface area contributed by atoms with Crippen molar-refractivity contribution in [1.82, 2.24) is 10.6 Å². The number of carbonyl (C=O) groups is 1. The van der Waals surface area contributed by atoms with Crippen molar-refractivity contribution in [2.75, 3.05) is 25.9 Å². The monoisotopic (exact) mass is 244 g/mol. The average Bonchev–Trinajstić information content (AvgIpc) is 2.85. The van der Waals surface area contributed by atoms with E-state index in [0.29, 0.717) is 0 Å². The minimum atomic E-state index is 0.188. The van der Waals surface area contributed by atoms with Gasteiger partial charge in [-0.05, 0) is 32.1 Å². The minimum absolute atomic E-state index is 0.188. The van der Waals surface area contributed by atoms with Gasteiger partial charge in [0.15, 0.2) is 0 Å². The Labute approximate surface area is 103 Å². The van der Waals surface area contributed by atoms with E-state index in [1.54, 1.807) is 0 Å². The van der Waals surface area contributed by atoms with Gasteiger partial charge in [-0.25, -0.2) is 0 Å². The van der Waals surface area contributed by atoms with Gasteiger partial charge in [0.25, 0.3) is 0 Å². The molecule has 0 bridgehead atoms. The Morgan fingerprint density at radius 3 is 2.62 bits per heavy atom. The number of thioether (sulfide) groups is 1. The van der Waals surface area contributed by atoms with Gasteiger partial charge in [-0.3, -0.25) is 4.79 Å². The number of carbonyl (C=O) groups excluding carboxylic acids is 1. The zero-order valence-electron chi connectivity index (χ0n) is 10.6. The van der Waals surface area contributed by atoms with Crippen molar-refractivity contribution in [2.24, 2.45) is 5.92 Å². The fraction of sp³-hybridized carbons (Fsp3) is 0.917. The summed E-state index contributed by atoms with van der Waals surface area (Å²) in [6.07, 6.45) is 5.33. The van der Waals surface area contributed by atoms with Gasteiger partial charge >= 0.3 is 0 Å². The number of hydrogen-bond donors (Lipinski definition) is 2. The van der Waals surface area contributed by atoms with Crippen molar-refractivity contribution < 1.29 is 4.79 Å². The standard InChI is InChI=1S/C12H24N2OS/c1-4-12(5-2,16-3)9-14-11(15)10-6-7-13-8-10/h10,13H,4-9H2,1-3H3,(H,14,15). The molecule has 94 valence electrons. The quantitative estimate of drug-likeness (QED) is 0.746. The van der Waals surface area contributed by atoms with Crippen LogP contribution in [0, 0.1) is 5.92 Å². The second-order valence-electron chi connectivity index (χ2n) is 4.50. The van der Waals surface area contributed by atoms with Crippen molar-refractivity contribution in [3.8, 4) is 0 Å². The highest BCUT2D eigenvalue weighted by molar-refractivity contribution is 8.00. The molecule has 1 rings (SSSR count). The van der Waals surface area contributed by atoms with E-state index in [2.05, 4.69) is 30.7 Å². The van der Waals surface area contributed by atoms with Crippen molar-refractivity contribution >= 4 is 17.7 Å². The Bertz CT molecular complexity index is 215.